The van der Waals surface area contributed by atoms with Crippen molar-refractivity contribution in [3.63, 3.8) is 0 Å². The van der Waals surface area contributed by atoms with Crippen molar-refractivity contribution >= 4 is 23.2 Å². The summed E-state index contributed by atoms with van der Waals surface area (Å²) in [7, 11) is 1.59. The fourth-order valence-corrected chi connectivity index (χ4v) is 2.31. The van der Waals surface area contributed by atoms with E-state index in [4.69, 9.17) is 4.74 Å². The predicted molar refractivity (Wildman–Crippen MR) is 81.0 cm³/mol. The molecule has 0 radical (unpaired) electrons. The highest BCUT2D eigenvalue weighted by molar-refractivity contribution is 7.09. The van der Waals surface area contributed by atoms with E-state index in [2.05, 4.69) is 10.6 Å². The molecule has 0 aliphatic carbocycles. The Morgan fingerprint density at radius 3 is 2.29 bits per heavy atom. The van der Waals surface area contributed by atoms with E-state index >= 15 is 0 Å². The monoisotopic (exact) mass is 304 g/mol. The zero-order chi connectivity index (χ0) is 15.1. The van der Waals surface area contributed by atoms with Crippen LogP contribution in [0.1, 0.15) is 10.4 Å². The van der Waals surface area contributed by atoms with Gasteiger partial charge in [0.25, 0.3) is 0 Å². The molecule has 110 valence electrons. The maximum atomic E-state index is 11.7. The van der Waals surface area contributed by atoms with E-state index < -0.39 is 11.8 Å². The van der Waals surface area contributed by atoms with Crippen molar-refractivity contribution in [2.75, 3.05) is 7.11 Å². The summed E-state index contributed by atoms with van der Waals surface area (Å²) in [6, 6.07) is 11.1. The number of rotatable bonds is 5. The number of thiophene rings is 1. The van der Waals surface area contributed by atoms with Gasteiger partial charge in [-0.15, -0.1) is 11.3 Å². The SMILES string of the molecule is COc1ccc(CNC(=O)C(=O)NCc2cccs2)cc1. The number of carbonyl (C=O) groups excluding carboxylic acids is 2. The van der Waals surface area contributed by atoms with Gasteiger partial charge in [0.1, 0.15) is 5.75 Å². The van der Waals surface area contributed by atoms with Gasteiger partial charge in [-0.1, -0.05) is 18.2 Å². The normalized spacial score (nSPS) is 9.95. The van der Waals surface area contributed by atoms with Gasteiger partial charge in [-0.3, -0.25) is 9.59 Å². The first-order valence-corrected chi connectivity index (χ1v) is 7.28. The van der Waals surface area contributed by atoms with Crippen LogP contribution < -0.4 is 15.4 Å². The summed E-state index contributed by atoms with van der Waals surface area (Å²) in [6.07, 6.45) is 0. The van der Waals surface area contributed by atoms with E-state index in [1.54, 1.807) is 19.2 Å². The van der Waals surface area contributed by atoms with Crippen molar-refractivity contribution < 1.29 is 14.3 Å². The van der Waals surface area contributed by atoms with Crippen LogP contribution in [0.3, 0.4) is 0 Å². The van der Waals surface area contributed by atoms with Crippen LogP contribution >= 0.6 is 11.3 Å². The van der Waals surface area contributed by atoms with Crippen LogP contribution in [0.4, 0.5) is 0 Å². The fraction of sp³-hybridized carbons (Fsp3) is 0.200. The van der Waals surface area contributed by atoms with Crippen LogP contribution in [0.25, 0.3) is 0 Å². The van der Waals surface area contributed by atoms with Gasteiger partial charge in [0.2, 0.25) is 0 Å². The molecule has 2 rings (SSSR count). The Bertz CT molecular complexity index is 594. The van der Waals surface area contributed by atoms with Crippen LogP contribution in [0.2, 0.25) is 0 Å². The molecule has 0 unspecified atom stereocenters. The summed E-state index contributed by atoms with van der Waals surface area (Å²) in [5.74, 6) is -0.516. The minimum Gasteiger partial charge on any atom is -0.497 e. The first kappa shape index (κ1) is 15.1. The highest BCUT2D eigenvalue weighted by atomic mass is 32.1. The third-order valence-electron chi connectivity index (χ3n) is 2.82. The molecule has 6 heteroatoms. The molecule has 0 bridgehead atoms. The molecule has 0 saturated carbocycles. The highest BCUT2D eigenvalue weighted by Crippen LogP contribution is 2.11. The van der Waals surface area contributed by atoms with Gasteiger partial charge in [0.15, 0.2) is 0 Å². The Labute approximate surface area is 126 Å². The Kier molecular flexibility index (Phi) is 5.34. The molecule has 0 saturated heterocycles. The van der Waals surface area contributed by atoms with E-state index in [1.165, 1.54) is 11.3 Å². The number of hydrogen-bond donors (Lipinski definition) is 2. The second-order valence-corrected chi connectivity index (χ2v) is 5.33. The van der Waals surface area contributed by atoms with E-state index in [0.29, 0.717) is 13.1 Å². The average molecular weight is 304 g/mol. The lowest BCUT2D eigenvalue weighted by atomic mass is 10.2. The molecule has 2 amide bonds. The molecule has 1 aromatic carbocycles. The number of nitrogens with one attached hydrogen (secondary N) is 2. The maximum Gasteiger partial charge on any atom is 0.309 e. The Morgan fingerprint density at radius 2 is 1.71 bits per heavy atom. The largest absolute Gasteiger partial charge is 0.497 e. The van der Waals surface area contributed by atoms with Crippen molar-refractivity contribution in [2.24, 2.45) is 0 Å². The van der Waals surface area contributed by atoms with Crippen molar-refractivity contribution in [1.29, 1.82) is 0 Å². The minimum atomic E-state index is -0.637. The molecule has 0 aliphatic heterocycles. The van der Waals surface area contributed by atoms with Crippen molar-refractivity contribution in [1.82, 2.24) is 10.6 Å². The molecule has 1 heterocycles. The predicted octanol–water partition coefficient (Wildman–Crippen LogP) is 1.69. The second kappa shape index (κ2) is 7.44. The van der Waals surface area contributed by atoms with E-state index in [-0.39, 0.29) is 0 Å². The number of hydrogen-bond acceptors (Lipinski definition) is 4. The highest BCUT2D eigenvalue weighted by Gasteiger charge is 2.12. The van der Waals surface area contributed by atoms with Gasteiger partial charge < -0.3 is 15.4 Å². The standard InChI is InChI=1S/C15H16N2O3S/c1-20-12-6-4-11(5-7-12)9-16-14(18)15(19)17-10-13-3-2-8-21-13/h2-8H,9-10H2,1H3,(H,16,18)(H,17,19). The number of benzene rings is 1. The quantitative estimate of drug-likeness (QED) is 0.826. The second-order valence-electron chi connectivity index (χ2n) is 4.29. The van der Waals surface area contributed by atoms with Crippen molar-refractivity contribution in [3.05, 3.63) is 52.2 Å². The third-order valence-corrected chi connectivity index (χ3v) is 3.70. The number of methoxy groups -OCH3 is 1. The van der Waals surface area contributed by atoms with Crippen molar-refractivity contribution in [2.45, 2.75) is 13.1 Å². The number of amides is 2. The Balaban J connectivity index is 1.76. The van der Waals surface area contributed by atoms with Gasteiger partial charge in [-0.05, 0) is 29.1 Å². The van der Waals surface area contributed by atoms with Gasteiger partial charge in [-0.25, -0.2) is 0 Å². The topological polar surface area (TPSA) is 67.4 Å². The van der Waals surface area contributed by atoms with Crippen LogP contribution in [0, 0.1) is 0 Å². The lowest BCUT2D eigenvalue weighted by Crippen LogP contribution is -2.39. The summed E-state index contributed by atoms with van der Waals surface area (Å²) >= 11 is 1.53. The minimum absolute atomic E-state index is 0.301. The summed E-state index contributed by atoms with van der Waals surface area (Å²) < 4.78 is 5.05. The number of carbonyl (C=O) groups is 2. The van der Waals surface area contributed by atoms with Gasteiger partial charge >= 0.3 is 11.8 Å². The molecular formula is C15H16N2O3S. The molecule has 0 fully saturated rings. The molecule has 1 aromatic heterocycles. The Hall–Kier alpha value is -2.34. The van der Waals surface area contributed by atoms with Crippen molar-refractivity contribution in [3.8, 4) is 5.75 Å². The van der Waals surface area contributed by atoms with Gasteiger partial charge in [-0.2, -0.15) is 0 Å². The van der Waals surface area contributed by atoms with E-state index in [9.17, 15) is 9.59 Å². The molecule has 21 heavy (non-hydrogen) atoms. The lowest BCUT2D eigenvalue weighted by molar-refractivity contribution is -0.139. The molecule has 5 nitrogen and oxygen atoms in total. The Morgan fingerprint density at radius 1 is 1.05 bits per heavy atom. The molecular weight excluding hydrogens is 288 g/mol. The third kappa shape index (κ3) is 4.61. The molecule has 0 atom stereocenters. The van der Waals surface area contributed by atoms with Crippen LogP contribution in [-0.4, -0.2) is 18.9 Å². The summed E-state index contributed by atoms with van der Waals surface area (Å²) in [6.45, 7) is 0.668. The van der Waals surface area contributed by atoms with Gasteiger partial charge in [0.05, 0.1) is 13.7 Å². The smallest absolute Gasteiger partial charge is 0.309 e. The molecule has 0 aliphatic rings. The zero-order valence-electron chi connectivity index (χ0n) is 11.6. The summed E-state index contributed by atoms with van der Waals surface area (Å²) in [5, 5.41) is 7.08. The maximum absolute atomic E-state index is 11.7. The fourth-order valence-electron chi connectivity index (χ4n) is 1.67. The van der Waals surface area contributed by atoms with Gasteiger partial charge in [0, 0.05) is 11.4 Å². The first-order valence-electron chi connectivity index (χ1n) is 6.40. The number of ether oxygens (including phenoxy) is 1. The van der Waals surface area contributed by atoms with Crippen LogP contribution in [-0.2, 0) is 22.7 Å². The van der Waals surface area contributed by atoms with Crippen LogP contribution in [0.5, 0.6) is 5.75 Å². The molecule has 0 spiro atoms. The van der Waals surface area contributed by atoms with E-state index in [0.717, 1.165) is 16.2 Å². The summed E-state index contributed by atoms with van der Waals surface area (Å²) in [5.41, 5.74) is 0.898. The zero-order valence-corrected chi connectivity index (χ0v) is 12.4. The van der Waals surface area contributed by atoms with Crippen LogP contribution in [0.15, 0.2) is 41.8 Å². The molecule has 2 aromatic rings. The molecule has 2 N–H and O–H groups in total. The first-order chi connectivity index (χ1) is 10.2. The lowest BCUT2D eigenvalue weighted by Gasteiger charge is -2.06. The van der Waals surface area contributed by atoms with E-state index in [1.807, 2.05) is 29.6 Å². The summed E-state index contributed by atoms with van der Waals surface area (Å²) in [4.78, 5) is 24.3. The average Bonchev–Trinajstić information content (AvgIpc) is 3.04.